The Labute approximate surface area is 125 Å². The zero-order valence-electron chi connectivity index (χ0n) is 11.0. The molecule has 0 saturated heterocycles. The van der Waals surface area contributed by atoms with Gasteiger partial charge >= 0.3 is 0 Å². The highest BCUT2D eigenvalue weighted by molar-refractivity contribution is 9.10. The van der Waals surface area contributed by atoms with Gasteiger partial charge in [-0.1, -0.05) is 34.1 Å². The second-order valence-electron chi connectivity index (χ2n) is 4.56. The van der Waals surface area contributed by atoms with E-state index in [0.29, 0.717) is 6.54 Å². The lowest BCUT2D eigenvalue weighted by atomic mass is 10.1. The first-order valence-corrected chi connectivity index (χ1v) is 6.94. The Bertz CT molecular complexity index is 600. The molecule has 0 fully saturated rings. The summed E-state index contributed by atoms with van der Waals surface area (Å²) in [6.45, 7) is 0.477. The Morgan fingerprint density at radius 3 is 2.30 bits per heavy atom. The van der Waals surface area contributed by atoms with Crippen molar-refractivity contribution in [2.45, 2.75) is 13.1 Å². The van der Waals surface area contributed by atoms with Crippen LogP contribution < -0.4 is 10.6 Å². The normalized spacial score (nSPS) is 10.7. The molecule has 0 amide bonds. The first kappa shape index (κ1) is 14.9. The highest BCUT2D eigenvalue weighted by Gasteiger charge is 2.15. The predicted octanol–water partition coefficient (Wildman–Crippen LogP) is 3.82. The fourth-order valence-corrected chi connectivity index (χ4v) is 2.24. The van der Waals surface area contributed by atoms with Gasteiger partial charge in [0.1, 0.15) is 0 Å². The summed E-state index contributed by atoms with van der Waals surface area (Å²) in [5.74, 6) is -1.72. The topological polar surface area (TPSA) is 29.3 Å². The molecule has 0 heterocycles. The van der Waals surface area contributed by atoms with E-state index < -0.39 is 11.6 Å². The molecule has 2 N–H and O–H groups in total. The van der Waals surface area contributed by atoms with Crippen LogP contribution in [0.1, 0.15) is 11.1 Å². The summed E-state index contributed by atoms with van der Waals surface area (Å²) in [4.78, 5) is 1.67. The van der Waals surface area contributed by atoms with Crippen LogP contribution in [0.2, 0.25) is 0 Å². The summed E-state index contributed by atoms with van der Waals surface area (Å²) in [6, 6.07) is 10.8. The lowest BCUT2D eigenvalue weighted by Crippen LogP contribution is -2.19. The molecule has 0 spiro atoms. The number of rotatable bonds is 4. The second-order valence-corrected chi connectivity index (χ2v) is 5.47. The number of hydrogen-bond donors (Lipinski definition) is 1. The minimum absolute atomic E-state index is 0.0144. The van der Waals surface area contributed by atoms with Crippen molar-refractivity contribution in [1.82, 2.24) is 0 Å². The lowest BCUT2D eigenvalue weighted by molar-refractivity contribution is 0.498. The summed E-state index contributed by atoms with van der Waals surface area (Å²) in [6.07, 6.45) is 0. The minimum atomic E-state index is -0.868. The molecule has 0 aliphatic rings. The highest BCUT2D eigenvalue weighted by Crippen LogP contribution is 2.24. The van der Waals surface area contributed by atoms with E-state index in [1.807, 2.05) is 24.3 Å². The van der Waals surface area contributed by atoms with Gasteiger partial charge in [-0.25, -0.2) is 8.78 Å². The fraction of sp³-hybridized carbons (Fsp3) is 0.200. The fourth-order valence-electron chi connectivity index (χ4n) is 1.98. The van der Waals surface area contributed by atoms with E-state index in [0.717, 1.165) is 10.0 Å². The van der Waals surface area contributed by atoms with E-state index in [9.17, 15) is 8.78 Å². The summed E-state index contributed by atoms with van der Waals surface area (Å²) in [5.41, 5.74) is 6.78. The Hall–Kier alpha value is -1.46. The molecule has 0 atom stereocenters. The van der Waals surface area contributed by atoms with E-state index in [1.165, 1.54) is 6.07 Å². The monoisotopic (exact) mass is 340 g/mol. The number of halogens is 3. The van der Waals surface area contributed by atoms with Gasteiger partial charge in [0, 0.05) is 30.2 Å². The predicted molar refractivity (Wildman–Crippen MR) is 80.5 cm³/mol. The third-order valence-corrected chi connectivity index (χ3v) is 3.63. The first-order valence-electron chi connectivity index (χ1n) is 6.15. The summed E-state index contributed by atoms with van der Waals surface area (Å²) < 4.78 is 28.7. The molecular weight excluding hydrogens is 326 g/mol. The zero-order chi connectivity index (χ0) is 14.7. The van der Waals surface area contributed by atoms with Crippen LogP contribution in [0.25, 0.3) is 0 Å². The smallest absolute Gasteiger partial charge is 0.182 e. The average molecular weight is 341 g/mol. The molecule has 2 aromatic rings. The van der Waals surface area contributed by atoms with Crippen LogP contribution in [0.15, 0.2) is 40.9 Å². The highest BCUT2D eigenvalue weighted by atomic mass is 79.9. The molecule has 0 unspecified atom stereocenters. The van der Waals surface area contributed by atoms with Gasteiger partial charge in [0.2, 0.25) is 0 Å². The van der Waals surface area contributed by atoms with Crippen molar-refractivity contribution in [2.24, 2.45) is 5.73 Å². The molecule has 2 nitrogen and oxygen atoms in total. The molecule has 106 valence electrons. The van der Waals surface area contributed by atoms with Crippen LogP contribution >= 0.6 is 15.9 Å². The number of nitrogens with zero attached hydrogens (tertiary/aromatic N) is 1. The molecule has 0 aliphatic heterocycles. The first-order chi connectivity index (χ1) is 9.52. The van der Waals surface area contributed by atoms with Gasteiger partial charge in [0.15, 0.2) is 11.6 Å². The molecule has 5 heteroatoms. The summed E-state index contributed by atoms with van der Waals surface area (Å²) >= 11 is 3.36. The molecule has 2 aromatic carbocycles. The van der Waals surface area contributed by atoms with Crippen molar-refractivity contribution in [3.8, 4) is 0 Å². The number of benzene rings is 2. The number of hydrogen-bond acceptors (Lipinski definition) is 2. The quantitative estimate of drug-likeness (QED) is 0.916. The van der Waals surface area contributed by atoms with Gasteiger partial charge < -0.3 is 10.6 Å². The van der Waals surface area contributed by atoms with E-state index >= 15 is 0 Å². The van der Waals surface area contributed by atoms with Gasteiger partial charge in [0.25, 0.3) is 0 Å². The summed E-state index contributed by atoms with van der Waals surface area (Å²) in [7, 11) is 1.72. The van der Waals surface area contributed by atoms with Crippen molar-refractivity contribution >= 4 is 21.6 Å². The minimum Gasteiger partial charge on any atom is -0.368 e. The van der Waals surface area contributed by atoms with Gasteiger partial charge in [-0.15, -0.1) is 0 Å². The van der Waals surface area contributed by atoms with Crippen LogP contribution in [0.4, 0.5) is 14.5 Å². The molecule has 2 rings (SSSR count). The third-order valence-electron chi connectivity index (χ3n) is 3.11. The zero-order valence-corrected chi connectivity index (χ0v) is 12.6. The maximum absolute atomic E-state index is 14.0. The average Bonchev–Trinajstić information content (AvgIpc) is 2.44. The second kappa shape index (κ2) is 6.33. The third kappa shape index (κ3) is 3.16. The number of nitrogens with two attached hydrogens (primary N) is 1. The molecule has 20 heavy (non-hydrogen) atoms. The SMILES string of the molecule is CN(Cc1ccc(Br)cc1)c1ccc(CN)c(F)c1F. The van der Waals surface area contributed by atoms with Crippen molar-refractivity contribution in [3.63, 3.8) is 0 Å². The van der Waals surface area contributed by atoms with Gasteiger partial charge in [-0.05, 0) is 23.8 Å². The van der Waals surface area contributed by atoms with Gasteiger partial charge in [-0.2, -0.15) is 0 Å². The Kier molecular flexibility index (Phi) is 4.73. The van der Waals surface area contributed by atoms with Crippen LogP contribution in [0, 0.1) is 11.6 Å². The molecule has 0 aromatic heterocycles. The molecule has 0 aliphatic carbocycles. The van der Waals surface area contributed by atoms with Crippen LogP contribution in [-0.2, 0) is 13.1 Å². The molecule has 0 bridgehead atoms. The van der Waals surface area contributed by atoms with Crippen molar-refractivity contribution in [1.29, 1.82) is 0 Å². The number of anilines is 1. The van der Waals surface area contributed by atoms with Crippen molar-refractivity contribution in [3.05, 3.63) is 63.6 Å². The lowest BCUT2D eigenvalue weighted by Gasteiger charge is -2.21. The van der Waals surface area contributed by atoms with Gasteiger partial charge in [0.05, 0.1) is 5.69 Å². The molecule has 0 saturated carbocycles. The Morgan fingerprint density at radius 1 is 1.05 bits per heavy atom. The van der Waals surface area contributed by atoms with E-state index in [-0.39, 0.29) is 17.8 Å². The maximum Gasteiger partial charge on any atom is 0.182 e. The van der Waals surface area contributed by atoms with Crippen molar-refractivity contribution in [2.75, 3.05) is 11.9 Å². The molecule has 0 radical (unpaired) electrons. The van der Waals surface area contributed by atoms with E-state index in [4.69, 9.17) is 5.73 Å². The van der Waals surface area contributed by atoms with E-state index in [2.05, 4.69) is 15.9 Å². The van der Waals surface area contributed by atoms with Crippen LogP contribution in [0.3, 0.4) is 0 Å². The van der Waals surface area contributed by atoms with Gasteiger partial charge in [-0.3, -0.25) is 0 Å². The van der Waals surface area contributed by atoms with Crippen LogP contribution in [0.5, 0.6) is 0 Å². The van der Waals surface area contributed by atoms with Crippen molar-refractivity contribution < 1.29 is 8.78 Å². The van der Waals surface area contributed by atoms with Crippen LogP contribution in [-0.4, -0.2) is 7.05 Å². The Balaban J connectivity index is 2.23. The summed E-state index contributed by atoms with van der Waals surface area (Å²) in [5, 5.41) is 0. The maximum atomic E-state index is 14.0. The Morgan fingerprint density at radius 2 is 1.70 bits per heavy atom. The van der Waals surface area contributed by atoms with E-state index in [1.54, 1.807) is 18.0 Å². The molecular formula is C15H15BrF2N2. The standard InChI is InChI=1S/C15H15BrF2N2/c1-20(9-10-2-5-12(16)6-3-10)13-7-4-11(8-19)14(17)15(13)18/h2-7H,8-9,19H2,1H3. The largest absolute Gasteiger partial charge is 0.368 e.